The fourth-order valence-corrected chi connectivity index (χ4v) is 3.32. The summed E-state index contributed by atoms with van der Waals surface area (Å²) < 4.78 is 5.70. The molecule has 0 unspecified atom stereocenters. The Labute approximate surface area is 138 Å². The summed E-state index contributed by atoms with van der Waals surface area (Å²) in [6.07, 6.45) is 1.23. The van der Waals surface area contributed by atoms with E-state index in [9.17, 15) is 14.7 Å². The maximum absolute atomic E-state index is 12.6. The van der Waals surface area contributed by atoms with Crippen molar-refractivity contribution < 1.29 is 19.4 Å². The number of ether oxygens (including phenoxy) is 1. The first kappa shape index (κ1) is 15.6. The van der Waals surface area contributed by atoms with Gasteiger partial charge in [0.25, 0.3) is 5.91 Å². The molecule has 1 amide bonds. The predicted octanol–water partition coefficient (Wildman–Crippen LogP) is 3.02. The highest BCUT2D eigenvalue weighted by Crippen LogP contribution is 2.23. The Morgan fingerprint density at radius 3 is 2.91 bits per heavy atom. The van der Waals surface area contributed by atoms with Crippen molar-refractivity contribution >= 4 is 23.2 Å². The van der Waals surface area contributed by atoms with Crippen LogP contribution in [0.3, 0.4) is 0 Å². The van der Waals surface area contributed by atoms with Gasteiger partial charge in [-0.3, -0.25) is 4.79 Å². The van der Waals surface area contributed by atoms with E-state index in [1.54, 1.807) is 35.6 Å². The second kappa shape index (κ2) is 6.83. The molecule has 6 heteroatoms. The van der Waals surface area contributed by atoms with Gasteiger partial charge >= 0.3 is 5.97 Å². The Morgan fingerprint density at radius 1 is 1.30 bits per heavy atom. The van der Waals surface area contributed by atoms with Gasteiger partial charge in [-0.2, -0.15) is 0 Å². The van der Waals surface area contributed by atoms with E-state index in [1.807, 2.05) is 17.5 Å². The molecule has 0 radical (unpaired) electrons. The Hall–Kier alpha value is -2.34. The number of benzene rings is 1. The molecule has 1 atom stereocenters. The topological polar surface area (TPSA) is 66.8 Å². The summed E-state index contributed by atoms with van der Waals surface area (Å²) in [5.41, 5.74) is 0.460. The van der Waals surface area contributed by atoms with Gasteiger partial charge in [0.05, 0.1) is 0 Å². The van der Waals surface area contributed by atoms with Gasteiger partial charge in [-0.25, -0.2) is 4.79 Å². The van der Waals surface area contributed by atoms with Crippen LogP contribution in [-0.4, -0.2) is 34.5 Å². The average molecular weight is 331 g/mol. The van der Waals surface area contributed by atoms with Crippen molar-refractivity contribution in [1.82, 2.24) is 4.90 Å². The molecule has 1 aromatic heterocycles. The zero-order valence-electron chi connectivity index (χ0n) is 12.5. The lowest BCUT2D eigenvalue weighted by molar-refractivity contribution is -0.141. The van der Waals surface area contributed by atoms with Crippen LogP contribution in [0.2, 0.25) is 0 Å². The van der Waals surface area contributed by atoms with Crippen molar-refractivity contribution in [2.24, 2.45) is 0 Å². The first-order valence-electron chi connectivity index (χ1n) is 7.44. The van der Waals surface area contributed by atoms with E-state index in [0.29, 0.717) is 30.9 Å². The van der Waals surface area contributed by atoms with Crippen molar-refractivity contribution in [1.29, 1.82) is 0 Å². The van der Waals surface area contributed by atoms with Crippen molar-refractivity contribution in [3.8, 4) is 5.75 Å². The number of hydrogen-bond donors (Lipinski definition) is 1. The van der Waals surface area contributed by atoms with E-state index >= 15 is 0 Å². The third kappa shape index (κ3) is 3.53. The number of aliphatic carboxylic acids is 1. The highest BCUT2D eigenvalue weighted by atomic mass is 32.1. The molecule has 0 saturated carbocycles. The van der Waals surface area contributed by atoms with Gasteiger partial charge in [0.1, 0.15) is 18.4 Å². The number of thiophene rings is 1. The van der Waals surface area contributed by atoms with Gasteiger partial charge < -0.3 is 14.7 Å². The molecule has 23 heavy (non-hydrogen) atoms. The van der Waals surface area contributed by atoms with E-state index in [0.717, 1.165) is 11.3 Å². The minimum absolute atomic E-state index is 0.253. The van der Waals surface area contributed by atoms with Crippen molar-refractivity contribution in [3.63, 3.8) is 0 Å². The van der Waals surface area contributed by atoms with Crippen LogP contribution in [-0.2, 0) is 11.4 Å². The van der Waals surface area contributed by atoms with Gasteiger partial charge in [0.2, 0.25) is 0 Å². The van der Waals surface area contributed by atoms with E-state index < -0.39 is 12.0 Å². The SMILES string of the molecule is O=C(O)[C@@H]1CCCN1C(=O)c1cccc(OCc2cccs2)c1. The Kier molecular flexibility index (Phi) is 4.62. The summed E-state index contributed by atoms with van der Waals surface area (Å²) in [7, 11) is 0. The van der Waals surface area contributed by atoms with Gasteiger partial charge in [0.15, 0.2) is 0 Å². The van der Waals surface area contributed by atoms with Crippen LogP contribution in [0, 0.1) is 0 Å². The number of likely N-dealkylation sites (tertiary alicyclic amines) is 1. The van der Waals surface area contributed by atoms with E-state index in [-0.39, 0.29) is 5.91 Å². The minimum Gasteiger partial charge on any atom is -0.488 e. The number of rotatable bonds is 5. The van der Waals surface area contributed by atoms with Crippen LogP contribution in [0.4, 0.5) is 0 Å². The molecule has 5 nitrogen and oxygen atoms in total. The lowest BCUT2D eigenvalue weighted by Crippen LogP contribution is -2.40. The molecule has 1 saturated heterocycles. The standard InChI is InChI=1S/C17H17NO4S/c19-16(18-8-2-7-15(18)17(20)21)12-4-1-5-13(10-12)22-11-14-6-3-9-23-14/h1,3-6,9-10,15H,2,7-8,11H2,(H,20,21)/t15-/m0/s1. The predicted molar refractivity (Wildman–Crippen MR) is 86.8 cm³/mol. The van der Waals surface area contributed by atoms with Crippen LogP contribution >= 0.6 is 11.3 Å². The largest absolute Gasteiger partial charge is 0.488 e. The van der Waals surface area contributed by atoms with E-state index in [2.05, 4.69) is 0 Å². The smallest absolute Gasteiger partial charge is 0.326 e. The maximum Gasteiger partial charge on any atom is 0.326 e. The van der Waals surface area contributed by atoms with Gasteiger partial charge in [0, 0.05) is 17.0 Å². The fraction of sp³-hybridized carbons (Fsp3) is 0.294. The molecule has 0 aliphatic carbocycles. The molecule has 1 fully saturated rings. The van der Waals surface area contributed by atoms with Crippen molar-refractivity contribution in [2.75, 3.05) is 6.54 Å². The molecule has 0 bridgehead atoms. The second-order valence-electron chi connectivity index (χ2n) is 5.39. The first-order chi connectivity index (χ1) is 11.1. The van der Waals surface area contributed by atoms with E-state index in [4.69, 9.17) is 4.74 Å². The Bertz CT molecular complexity index is 698. The lowest BCUT2D eigenvalue weighted by Gasteiger charge is -2.21. The number of amides is 1. The van der Waals surface area contributed by atoms with Gasteiger partial charge in [-0.1, -0.05) is 12.1 Å². The van der Waals surface area contributed by atoms with Crippen LogP contribution in [0.25, 0.3) is 0 Å². The first-order valence-corrected chi connectivity index (χ1v) is 8.32. The number of carbonyl (C=O) groups is 2. The third-order valence-electron chi connectivity index (χ3n) is 3.84. The Balaban J connectivity index is 1.71. The molecule has 1 N–H and O–H groups in total. The molecule has 1 aliphatic rings. The number of carbonyl (C=O) groups excluding carboxylic acids is 1. The second-order valence-corrected chi connectivity index (χ2v) is 6.42. The number of nitrogens with zero attached hydrogens (tertiary/aromatic N) is 1. The lowest BCUT2D eigenvalue weighted by atomic mass is 10.1. The fourth-order valence-electron chi connectivity index (χ4n) is 2.70. The van der Waals surface area contributed by atoms with Gasteiger partial charge in [-0.05, 0) is 42.5 Å². The zero-order chi connectivity index (χ0) is 16.2. The van der Waals surface area contributed by atoms with Crippen LogP contribution in [0.15, 0.2) is 41.8 Å². The highest BCUT2D eigenvalue weighted by Gasteiger charge is 2.34. The van der Waals surface area contributed by atoms with Crippen LogP contribution in [0.1, 0.15) is 28.1 Å². The third-order valence-corrected chi connectivity index (χ3v) is 4.69. The Morgan fingerprint density at radius 2 is 2.17 bits per heavy atom. The van der Waals surface area contributed by atoms with E-state index in [1.165, 1.54) is 4.90 Å². The molecule has 120 valence electrons. The zero-order valence-corrected chi connectivity index (χ0v) is 13.3. The molecule has 2 heterocycles. The van der Waals surface area contributed by atoms with Crippen LogP contribution in [0.5, 0.6) is 5.75 Å². The molecule has 1 aliphatic heterocycles. The monoisotopic (exact) mass is 331 g/mol. The molecular weight excluding hydrogens is 314 g/mol. The van der Waals surface area contributed by atoms with Crippen molar-refractivity contribution in [3.05, 3.63) is 52.2 Å². The normalized spacial score (nSPS) is 17.2. The minimum atomic E-state index is -0.944. The summed E-state index contributed by atoms with van der Waals surface area (Å²) in [4.78, 5) is 26.3. The average Bonchev–Trinajstić information content (AvgIpc) is 3.23. The molecule has 2 aromatic rings. The molecule has 1 aromatic carbocycles. The summed E-state index contributed by atoms with van der Waals surface area (Å²) >= 11 is 1.61. The molecule has 3 rings (SSSR count). The van der Waals surface area contributed by atoms with Crippen molar-refractivity contribution in [2.45, 2.75) is 25.5 Å². The number of hydrogen-bond acceptors (Lipinski definition) is 4. The summed E-state index contributed by atoms with van der Waals surface area (Å²) in [6.45, 7) is 0.937. The number of carboxylic acids is 1. The summed E-state index contributed by atoms with van der Waals surface area (Å²) in [5.74, 6) is -0.590. The quantitative estimate of drug-likeness (QED) is 0.914. The highest BCUT2D eigenvalue weighted by molar-refractivity contribution is 7.09. The summed E-state index contributed by atoms with van der Waals surface area (Å²) in [6, 6.07) is 10.1. The number of carboxylic acid groups (broad SMARTS) is 1. The summed E-state index contributed by atoms with van der Waals surface area (Å²) in [5, 5.41) is 11.2. The van der Waals surface area contributed by atoms with Crippen LogP contribution < -0.4 is 4.74 Å². The molecular formula is C17H17NO4S. The molecule has 0 spiro atoms. The van der Waals surface area contributed by atoms with Gasteiger partial charge in [-0.15, -0.1) is 11.3 Å². The maximum atomic E-state index is 12.6.